The molecular weight excluding hydrogens is 190 g/mol. The van der Waals surface area contributed by atoms with Crippen molar-refractivity contribution in [2.45, 2.75) is 39.2 Å². The summed E-state index contributed by atoms with van der Waals surface area (Å²) in [6.07, 6.45) is 7.94. The smallest absolute Gasteiger partial charge is 0.246 e. The van der Waals surface area contributed by atoms with Gasteiger partial charge in [0.15, 0.2) is 0 Å². The van der Waals surface area contributed by atoms with Crippen LogP contribution in [-0.2, 0) is 9.53 Å². The molecule has 0 aromatic heterocycles. The summed E-state index contributed by atoms with van der Waals surface area (Å²) in [5, 5.41) is 2.91. The van der Waals surface area contributed by atoms with E-state index in [2.05, 4.69) is 17.5 Å². The Hall–Kier alpha value is -0.830. The number of carbonyl (C=O) groups excluding carboxylic acids is 1. The third-order valence-electron chi connectivity index (χ3n) is 2.51. The van der Waals surface area contributed by atoms with E-state index in [4.69, 9.17) is 4.74 Å². The van der Waals surface area contributed by atoms with Gasteiger partial charge in [0.05, 0.1) is 6.10 Å². The summed E-state index contributed by atoms with van der Waals surface area (Å²) in [6.45, 7) is 4.82. The molecule has 1 atom stereocenters. The zero-order chi connectivity index (χ0) is 11.1. The number of allylic oxidation sites excluding steroid dienone is 2. The van der Waals surface area contributed by atoms with Crippen LogP contribution in [0.25, 0.3) is 0 Å². The third kappa shape index (κ3) is 5.57. The second-order valence-electron chi connectivity index (χ2n) is 4.31. The molecule has 0 fully saturated rings. The fourth-order valence-corrected chi connectivity index (χ4v) is 1.59. The van der Waals surface area contributed by atoms with E-state index in [1.807, 2.05) is 13.8 Å². The Balaban J connectivity index is 2.08. The van der Waals surface area contributed by atoms with E-state index >= 15 is 0 Å². The zero-order valence-corrected chi connectivity index (χ0v) is 9.66. The van der Waals surface area contributed by atoms with E-state index in [9.17, 15) is 4.79 Å². The summed E-state index contributed by atoms with van der Waals surface area (Å²) in [4.78, 5) is 11.3. The van der Waals surface area contributed by atoms with Crippen molar-refractivity contribution < 1.29 is 9.53 Å². The highest BCUT2D eigenvalue weighted by Crippen LogP contribution is 2.16. The van der Waals surface area contributed by atoms with Crippen molar-refractivity contribution in [3.05, 3.63) is 12.2 Å². The van der Waals surface area contributed by atoms with Crippen molar-refractivity contribution >= 4 is 5.91 Å². The van der Waals surface area contributed by atoms with Gasteiger partial charge in [0.1, 0.15) is 6.61 Å². The normalized spacial score (nSPS) is 20.6. The summed E-state index contributed by atoms with van der Waals surface area (Å²) in [5.74, 6) is 0.608. The minimum Gasteiger partial charge on any atom is -0.369 e. The third-order valence-corrected chi connectivity index (χ3v) is 2.51. The standard InChI is InChI=1S/C12H21NO2/c1-10(2)15-9-12(14)13-8-11-6-4-3-5-7-11/h3-4,10-11H,5-9H2,1-2H3,(H,13,14). The van der Waals surface area contributed by atoms with Gasteiger partial charge in [-0.15, -0.1) is 0 Å². The maximum Gasteiger partial charge on any atom is 0.246 e. The summed E-state index contributed by atoms with van der Waals surface area (Å²) in [7, 11) is 0. The maximum atomic E-state index is 11.3. The van der Waals surface area contributed by atoms with E-state index in [1.165, 1.54) is 6.42 Å². The summed E-state index contributed by atoms with van der Waals surface area (Å²) >= 11 is 0. The Morgan fingerprint density at radius 2 is 2.33 bits per heavy atom. The lowest BCUT2D eigenvalue weighted by Gasteiger charge is -2.18. The van der Waals surface area contributed by atoms with Gasteiger partial charge < -0.3 is 10.1 Å². The van der Waals surface area contributed by atoms with Crippen LogP contribution >= 0.6 is 0 Å². The van der Waals surface area contributed by atoms with Crippen LogP contribution in [0.15, 0.2) is 12.2 Å². The molecule has 1 rings (SSSR count). The van der Waals surface area contributed by atoms with E-state index in [-0.39, 0.29) is 18.6 Å². The first-order valence-electron chi connectivity index (χ1n) is 5.71. The van der Waals surface area contributed by atoms with Crippen LogP contribution < -0.4 is 5.32 Å². The van der Waals surface area contributed by atoms with Crippen molar-refractivity contribution in [2.24, 2.45) is 5.92 Å². The van der Waals surface area contributed by atoms with Crippen molar-refractivity contribution in [1.82, 2.24) is 5.32 Å². The molecule has 0 aromatic rings. The molecule has 1 aliphatic rings. The number of hydrogen-bond donors (Lipinski definition) is 1. The second kappa shape index (κ2) is 6.62. The Bertz CT molecular complexity index is 224. The predicted molar refractivity (Wildman–Crippen MR) is 60.6 cm³/mol. The molecule has 0 aromatic carbocycles. The minimum absolute atomic E-state index is 0.00162. The van der Waals surface area contributed by atoms with Crippen LogP contribution in [-0.4, -0.2) is 25.2 Å². The average molecular weight is 211 g/mol. The molecule has 86 valence electrons. The molecule has 0 spiro atoms. The Kier molecular flexibility index (Phi) is 5.40. The SMILES string of the molecule is CC(C)OCC(=O)NCC1CC=CCC1. The largest absolute Gasteiger partial charge is 0.369 e. The van der Waals surface area contributed by atoms with Gasteiger partial charge in [-0.3, -0.25) is 4.79 Å². The number of rotatable bonds is 5. The quantitative estimate of drug-likeness (QED) is 0.705. The Labute approximate surface area is 91.9 Å². The average Bonchev–Trinajstić information content (AvgIpc) is 2.25. The van der Waals surface area contributed by atoms with Gasteiger partial charge in [-0.25, -0.2) is 0 Å². The van der Waals surface area contributed by atoms with Crippen molar-refractivity contribution in [3.8, 4) is 0 Å². The van der Waals surface area contributed by atoms with Gasteiger partial charge in [-0.05, 0) is 39.0 Å². The lowest BCUT2D eigenvalue weighted by molar-refractivity contribution is -0.127. The van der Waals surface area contributed by atoms with E-state index in [1.54, 1.807) is 0 Å². The highest BCUT2D eigenvalue weighted by atomic mass is 16.5. The second-order valence-corrected chi connectivity index (χ2v) is 4.31. The number of carbonyl (C=O) groups is 1. The fraction of sp³-hybridized carbons (Fsp3) is 0.750. The van der Waals surface area contributed by atoms with Gasteiger partial charge in [0, 0.05) is 6.54 Å². The van der Waals surface area contributed by atoms with Crippen LogP contribution in [0.1, 0.15) is 33.1 Å². The Morgan fingerprint density at radius 1 is 1.53 bits per heavy atom. The molecule has 0 saturated carbocycles. The molecule has 3 nitrogen and oxygen atoms in total. The van der Waals surface area contributed by atoms with Gasteiger partial charge in [0.25, 0.3) is 0 Å². The van der Waals surface area contributed by atoms with E-state index < -0.39 is 0 Å². The number of hydrogen-bond acceptors (Lipinski definition) is 2. The molecular formula is C12H21NO2. The van der Waals surface area contributed by atoms with Crippen LogP contribution in [0.4, 0.5) is 0 Å². The minimum atomic E-state index is -0.00162. The zero-order valence-electron chi connectivity index (χ0n) is 9.66. The molecule has 0 bridgehead atoms. The maximum absolute atomic E-state index is 11.3. The van der Waals surface area contributed by atoms with Crippen LogP contribution in [0.2, 0.25) is 0 Å². The highest BCUT2D eigenvalue weighted by molar-refractivity contribution is 5.77. The van der Waals surface area contributed by atoms with Crippen LogP contribution in [0.5, 0.6) is 0 Å². The predicted octanol–water partition coefficient (Wildman–Crippen LogP) is 1.88. The summed E-state index contributed by atoms with van der Waals surface area (Å²) in [6, 6.07) is 0. The molecule has 0 saturated heterocycles. The monoisotopic (exact) mass is 211 g/mol. The molecule has 1 amide bonds. The topological polar surface area (TPSA) is 38.3 Å². The van der Waals surface area contributed by atoms with Crippen LogP contribution in [0.3, 0.4) is 0 Å². The molecule has 3 heteroatoms. The van der Waals surface area contributed by atoms with E-state index in [0.717, 1.165) is 19.4 Å². The molecule has 1 N–H and O–H groups in total. The van der Waals surface area contributed by atoms with Crippen molar-refractivity contribution in [2.75, 3.05) is 13.2 Å². The number of nitrogens with one attached hydrogen (secondary N) is 1. The van der Waals surface area contributed by atoms with Gasteiger partial charge in [0.2, 0.25) is 5.91 Å². The first-order valence-corrected chi connectivity index (χ1v) is 5.71. The molecule has 0 heterocycles. The Morgan fingerprint density at radius 3 is 2.93 bits per heavy atom. The van der Waals surface area contributed by atoms with Gasteiger partial charge >= 0.3 is 0 Å². The molecule has 1 unspecified atom stereocenters. The molecule has 0 radical (unpaired) electrons. The molecule has 15 heavy (non-hydrogen) atoms. The van der Waals surface area contributed by atoms with Crippen LogP contribution in [0, 0.1) is 5.92 Å². The summed E-state index contributed by atoms with van der Waals surface area (Å²) in [5.41, 5.74) is 0. The number of amides is 1. The lowest BCUT2D eigenvalue weighted by Crippen LogP contribution is -2.33. The number of ether oxygens (including phenoxy) is 1. The van der Waals surface area contributed by atoms with E-state index in [0.29, 0.717) is 5.92 Å². The molecule has 1 aliphatic carbocycles. The first-order chi connectivity index (χ1) is 7.18. The molecule has 0 aliphatic heterocycles. The fourth-order valence-electron chi connectivity index (χ4n) is 1.59. The summed E-state index contributed by atoms with van der Waals surface area (Å²) < 4.78 is 5.22. The first kappa shape index (κ1) is 12.2. The van der Waals surface area contributed by atoms with Crippen molar-refractivity contribution in [3.63, 3.8) is 0 Å². The highest BCUT2D eigenvalue weighted by Gasteiger charge is 2.11. The van der Waals surface area contributed by atoms with Gasteiger partial charge in [-0.1, -0.05) is 12.2 Å². The van der Waals surface area contributed by atoms with Crippen molar-refractivity contribution in [1.29, 1.82) is 0 Å². The lowest BCUT2D eigenvalue weighted by atomic mass is 9.94. The van der Waals surface area contributed by atoms with Gasteiger partial charge in [-0.2, -0.15) is 0 Å².